The van der Waals surface area contributed by atoms with Crippen molar-refractivity contribution < 1.29 is 23.0 Å². The number of aromatic nitrogens is 1. The number of rotatable bonds is 4. The molecule has 7 heteroatoms. The molecule has 114 valence electrons. The third kappa shape index (κ3) is 2.51. The summed E-state index contributed by atoms with van der Waals surface area (Å²) >= 11 is 0. The fraction of sp³-hybridized carbons (Fsp3) is 0.571. The van der Waals surface area contributed by atoms with Crippen LogP contribution in [0.2, 0.25) is 0 Å². The van der Waals surface area contributed by atoms with Crippen LogP contribution < -0.4 is 5.32 Å². The monoisotopic (exact) mass is 298 g/mol. The van der Waals surface area contributed by atoms with Crippen LogP contribution in [0.3, 0.4) is 0 Å². The summed E-state index contributed by atoms with van der Waals surface area (Å²) in [6.07, 6.45) is 1.77. The molecule has 0 aromatic carbocycles. The number of fused-ring (bicyclic) bond motifs is 1. The molecular weight excluding hydrogens is 282 g/mol. The van der Waals surface area contributed by atoms with Crippen LogP contribution in [0.5, 0.6) is 0 Å². The van der Waals surface area contributed by atoms with Crippen molar-refractivity contribution in [2.75, 3.05) is 20.3 Å². The van der Waals surface area contributed by atoms with Crippen LogP contribution in [0, 0.1) is 23.5 Å². The lowest BCUT2D eigenvalue weighted by Crippen LogP contribution is -2.62. The van der Waals surface area contributed by atoms with E-state index in [-0.39, 0.29) is 24.0 Å². The molecule has 0 bridgehead atoms. The van der Waals surface area contributed by atoms with Crippen molar-refractivity contribution >= 4 is 5.91 Å². The number of hydrogen-bond donors (Lipinski definition) is 1. The van der Waals surface area contributed by atoms with Gasteiger partial charge in [-0.3, -0.25) is 4.79 Å². The van der Waals surface area contributed by atoms with Crippen LogP contribution in [-0.4, -0.2) is 43.4 Å². The van der Waals surface area contributed by atoms with E-state index in [1.165, 1.54) is 0 Å². The summed E-state index contributed by atoms with van der Waals surface area (Å²) in [7, 11) is 1.59. The molecule has 2 heterocycles. The Morgan fingerprint density at radius 3 is 3.10 bits per heavy atom. The largest absolute Gasteiger partial charge is 0.384 e. The van der Waals surface area contributed by atoms with Gasteiger partial charge >= 0.3 is 0 Å². The number of carbonyl (C=O) groups excluding carboxylic acids is 1. The third-order valence-corrected chi connectivity index (χ3v) is 4.21. The van der Waals surface area contributed by atoms with E-state index in [0.717, 1.165) is 12.6 Å². The first-order valence-electron chi connectivity index (χ1n) is 6.84. The highest BCUT2D eigenvalue weighted by molar-refractivity contribution is 5.92. The Bertz CT molecular complexity index is 555. The molecule has 4 atom stereocenters. The highest BCUT2D eigenvalue weighted by Gasteiger charge is 2.54. The molecule has 1 aromatic heterocycles. The third-order valence-electron chi connectivity index (χ3n) is 4.21. The van der Waals surface area contributed by atoms with Crippen molar-refractivity contribution in [2.24, 2.45) is 11.8 Å². The molecule has 2 aliphatic rings. The van der Waals surface area contributed by atoms with E-state index in [4.69, 9.17) is 9.47 Å². The average molecular weight is 298 g/mol. The van der Waals surface area contributed by atoms with Gasteiger partial charge in [0.15, 0.2) is 11.5 Å². The zero-order valence-electron chi connectivity index (χ0n) is 11.5. The fourth-order valence-corrected chi connectivity index (χ4v) is 3.24. The predicted molar refractivity (Wildman–Crippen MR) is 68.6 cm³/mol. The molecule has 0 unspecified atom stereocenters. The molecule has 1 aliphatic carbocycles. The Hall–Kier alpha value is -1.60. The minimum atomic E-state index is -0.964. The minimum absolute atomic E-state index is 0.0509. The average Bonchev–Trinajstić information content (AvgIpc) is 2.86. The van der Waals surface area contributed by atoms with Gasteiger partial charge in [-0.05, 0) is 6.42 Å². The Morgan fingerprint density at radius 1 is 1.57 bits per heavy atom. The van der Waals surface area contributed by atoms with Gasteiger partial charge in [0.1, 0.15) is 5.82 Å². The predicted octanol–water partition coefficient (Wildman–Crippen LogP) is 1.14. The number of pyridine rings is 1. The number of carbonyl (C=O) groups is 1. The van der Waals surface area contributed by atoms with Crippen molar-refractivity contribution in [1.29, 1.82) is 0 Å². The lowest BCUT2D eigenvalue weighted by molar-refractivity contribution is -0.0810. The van der Waals surface area contributed by atoms with Crippen molar-refractivity contribution in [3.8, 4) is 0 Å². The van der Waals surface area contributed by atoms with Gasteiger partial charge in [0.05, 0.1) is 18.9 Å². The Kier molecular flexibility index (Phi) is 3.86. The molecule has 0 radical (unpaired) electrons. The molecule has 0 spiro atoms. The Morgan fingerprint density at radius 2 is 2.38 bits per heavy atom. The SMILES string of the molecule is COC[C@@H]1[C@@H](NC(=O)c2ncc(F)cc2F)[C@@H]2CCO[C@H]12. The fourth-order valence-electron chi connectivity index (χ4n) is 3.24. The van der Waals surface area contributed by atoms with Crippen LogP contribution in [-0.2, 0) is 9.47 Å². The van der Waals surface area contributed by atoms with Gasteiger partial charge in [-0.1, -0.05) is 0 Å². The Labute approximate surface area is 120 Å². The quantitative estimate of drug-likeness (QED) is 0.905. The summed E-state index contributed by atoms with van der Waals surface area (Å²) in [5.74, 6) is -2.14. The number of halogens is 2. The number of amides is 1. The second kappa shape index (κ2) is 5.65. The lowest BCUT2D eigenvalue weighted by Gasteiger charge is -2.47. The van der Waals surface area contributed by atoms with Crippen molar-refractivity contribution in [1.82, 2.24) is 10.3 Å². The highest BCUT2D eigenvalue weighted by Crippen LogP contribution is 2.43. The molecule has 21 heavy (non-hydrogen) atoms. The van der Waals surface area contributed by atoms with Crippen molar-refractivity contribution in [2.45, 2.75) is 18.6 Å². The number of nitrogens with one attached hydrogen (secondary N) is 1. The van der Waals surface area contributed by atoms with Gasteiger partial charge < -0.3 is 14.8 Å². The summed E-state index contributed by atoms with van der Waals surface area (Å²) in [4.78, 5) is 15.6. The van der Waals surface area contributed by atoms with Gasteiger partial charge in [0, 0.05) is 37.7 Å². The van der Waals surface area contributed by atoms with Crippen LogP contribution >= 0.6 is 0 Å². The van der Waals surface area contributed by atoms with Gasteiger partial charge in [-0.2, -0.15) is 0 Å². The van der Waals surface area contributed by atoms with Crippen molar-refractivity contribution in [3.05, 3.63) is 29.6 Å². The van der Waals surface area contributed by atoms with Crippen LogP contribution in [0.4, 0.5) is 8.78 Å². The molecule has 5 nitrogen and oxygen atoms in total. The van der Waals surface area contributed by atoms with E-state index in [1.54, 1.807) is 7.11 Å². The maximum atomic E-state index is 13.6. The number of ether oxygens (including phenoxy) is 2. The zero-order chi connectivity index (χ0) is 15.0. The normalized spacial score (nSPS) is 30.6. The lowest BCUT2D eigenvalue weighted by atomic mass is 9.67. The molecule has 1 saturated carbocycles. The number of methoxy groups -OCH3 is 1. The summed E-state index contributed by atoms with van der Waals surface area (Å²) in [5, 5.41) is 2.78. The van der Waals surface area contributed by atoms with Gasteiger partial charge in [-0.15, -0.1) is 0 Å². The van der Waals surface area contributed by atoms with Crippen LogP contribution in [0.25, 0.3) is 0 Å². The summed E-state index contributed by atoms with van der Waals surface area (Å²) in [6, 6.07) is 0.521. The molecule has 2 fully saturated rings. The molecule has 1 aliphatic heterocycles. The maximum absolute atomic E-state index is 13.6. The van der Waals surface area contributed by atoms with Gasteiger partial charge in [-0.25, -0.2) is 13.8 Å². The first kappa shape index (κ1) is 14.3. The molecule has 1 aromatic rings. The van der Waals surface area contributed by atoms with E-state index >= 15 is 0 Å². The minimum Gasteiger partial charge on any atom is -0.384 e. The van der Waals surface area contributed by atoms with E-state index < -0.39 is 23.2 Å². The first-order chi connectivity index (χ1) is 10.1. The van der Waals surface area contributed by atoms with Crippen LogP contribution in [0.1, 0.15) is 16.9 Å². The summed E-state index contributed by atoms with van der Waals surface area (Å²) < 4.78 is 37.1. The second-order valence-corrected chi connectivity index (χ2v) is 5.39. The molecule has 3 rings (SSSR count). The van der Waals surface area contributed by atoms with E-state index in [2.05, 4.69) is 10.3 Å². The number of nitrogens with zero attached hydrogens (tertiary/aromatic N) is 1. The van der Waals surface area contributed by atoms with Gasteiger partial charge in [0.25, 0.3) is 5.91 Å². The number of hydrogen-bond acceptors (Lipinski definition) is 4. The van der Waals surface area contributed by atoms with Crippen molar-refractivity contribution in [3.63, 3.8) is 0 Å². The van der Waals surface area contributed by atoms with E-state index in [0.29, 0.717) is 19.3 Å². The smallest absolute Gasteiger partial charge is 0.273 e. The molecule has 1 amide bonds. The van der Waals surface area contributed by atoms with Gasteiger partial charge in [0.2, 0.25) is 0 Å². The first-order valence-corrected chi connectivity index (χ1v) is 6.84. The van der Waals surface area contributed by atoms with E-state index in [9.17, 15) is 13.6 Å². The Balaban J connectivity index is 1.71. The van der Waals surface area contributed by atoms with E-state index in [1.807, 2.05) is 0 Å². The summed E-state index contributed by atoms with van der Waals surface area (Å²) in [6.45, 7) is 1.12. The zero-order valence-corrected chi connectivity index (χ0v) is 11.5. The molecular formula is C14H16F2N2O3. The highest BCUT2D eigenvalue weighted by atomic mass is 19.1. The van der Waals surface area contributed by atoms with Crippen LogP contribution in [0.15, 0.2) is 12.3 Å². The molecule has 1 N–H and O–H groups in total. The maximum Gasteiger partial charge on any atom is 0.273 e. The molecule has 1 saturated heterocycles. The second-order valence-electron chi connectivity index (χ2n) is 5.39. The standard InChI is InChI=1S/C14H16F2N2O3/c1-20-6-9-11(8-2-3-21-13(8)9)18-14(19)12-10(16)4-7(15)5-17-12/h4-5,8-9,11,13H,2-3,6H2,1H3,(H,18,19)/t8-,9+,11-,13-/m0/s1. The summed E-state index contributed by atoms with van der Waals surface area (Å²) in [5.41, 5.74) is -0.394. The topological polar surface area (TPSA) is 60.5 Å².